The van der Waals surface area contributed by atoms with Crippen molar-refractivity contribution in [2.24, 2.45) is 0 Å². The van der Waals surface area contributed by atoms with Gasteiger partial charge in [-0.1, -0.05) is 22.4 Å². The van der Waals surface area contributed by atoms with Gasteiger partial charge in [0.05, 0.1) is 15.7 Å². The second-order valence-electron chi connectivity index (χ2n) is 4.94. The van der Waals surface area contributed by atoms with Crippen molar-refractivity contribution >= 4 is 25.8 Å². The lowest BCUT2D eigenvalue weighted by Crippen LogP contribution is -2.49. The van der Waals surface area contributed by atoms with Crippen LogP contribution in [0, 0.1) is 0 Å². The van der Waals surface area contributed by atoms with E-state index in [1.54, 1.807) is 18.2 Å². The number of aliphatic hydroxyl groups excluding tert-OH is 1. The molecule has 1 aliphatic heterocycles. The van der Waals surface area contributed by atoms with Crippen LogP contribution in [0.1, 0.15) is 37.4 Å². The monoisotopic (exact) mass is 316 g/mol. The molecule has 1 aliphatic carbocycles. The lowest BCUT2D eigenvalue weighted by Gasteiger charge is -2.45. The van der Waals surface area contributed by atoms with Gasteiger partial charge in [-0.05, 0) is 37.5 Å². The van der Waals surface area contributed by atoms with Gasteiger partial charge in [0.2, 0.25) is 0 Å². The zero-order valence-electron chi connectivity index (χ0n) is 9.19. The molecule has 0 radical (unpaired) electrons. The van der Waals surface area contributed by atoms with Crippen LogP contribution < -0.4 is 0 Å². The molecule has 1 heterocycles. The molecule has 17 heavy (non-hydrogen) atoms. The molecule has 1 aromatic carbocycles. The van der Waals surface area contributed by atoms with Gasteiger partial charge in [-0.15, -0.1) is 0 Å². The van der Waals surface area contributed by atoms with E-state index in [-0.39, 0.29) is 0 Å². The van der Waals surface area contributed by atoms with E-state index in [1.165, 1.54) is 0 Å². The maximum Gasteiger partial charge on any atom is 0.184 e. The second kappa shape index (κ2) is 3.56. The molecule has 1 atom stereocenters. The van der Waals surface area contributed by atoms with Crippen LogP contribution in [0.15, 0.2) is 27.6 Å². The average molecular weight is 317 g/mol. The Kier molecular flexibility index (Phi) is 2.44. The lowest BCUT2D eigenvalue weighted by molar-refractivity contribution is 0.119. The van der Waals surface area contributed by atoms with E-state index in [2.05, 4.69) is 15.9 Å². The average Bonchev–Trinajstić information content (AvgIpc) is 2.20. The van der Waals surface area contributed by atoms with Crippen LogP contribution in [0.3, 0.4) is 0 Å². The van der Waals surface area contributed by atoms with Crippen molar-refractivity contribution < 1.29 is 13.5 Å². The van der Waals surface area contributed by atoms with Crippen molar-refractivity contribution in [1.29, 1.82) is 0 Å². The number of halogens is 1. The smallest absolute Gasteiger partial charge is 0.184 e. The van der Waals surface area contributed by atoms with Crippen LogP contribution in [-0.2, 0) is 9.84 Å². The van der Waals surface area contributed by atoms with Crippen LogP contribution in [0.2, 0.25) is 0 Å². The predicted molar refractivity (Wildman–Crippen MR) is 67.5 cm³/mol. The second-order valence-corrected chi connectivity index (χ2v) is 8.17. The van der Waals surface area contributed by atoms with E-state index in [0.29, 0.717) is 29.7 Å². The molecule has 1 spiro atoms. The summed E-state index contributed by atoms with van der Waals surface area (Å²) < 4.78 is 25.2. The van der Waals surface area contributed by atoms with Gasteiger partial charge in [-0.3, -0.25) is 0 Å². The molecule has 0 unspecified atom stereocenters. The Morgan fingerprint density at radius 1 is 1.35 bits per heavy atom. The predicted octanol–water partition coefficient (Wildman–Crippen LogP) is 2.58. The summed E-state index contributed by atoms with van der Waals surface area (Å²) >= 11 is 3.31. The first kappa shape index (κ1) is 11.7. The molecule has 0 aromatic heterocycles. The first-order valence-corrected chi connectivity index (χ1v) is 7.96. The Labute approximate surface area is 109 Å². The van der Waals surface area contributed by atoms with Crippen molar-refractivity contribution in [1.82, 2.24) is 0 Å². The fourth-order valence-corrected chi connectivity index (χ4v) is 5.67. The van der Waals surface area contributed by atoms with Gasteiger partial charge < -0.3 is 5.11 Å². The molecule has 1 aromatic rings. The molecule has 0 amide bonds. The Morgan fingerprint density at radius 2 is 2.06 bits per heavy atom. The maximum atomic E-state index is 12.5. The zero-order valence-corrected chi connectivity index (χ0v) is 11.6. The van der Waals surface area contributed by atoms with Crippen molar-refractivity contribution in [2.75, 3.05) is 0 Å². The molecule has 92 valence electrons. The van der Waals surface area contributed by atoms with Gasteiger partial charge >= 0.3 is 0 Å². The number of aliphatic hydroxyl groups is 1. The molecular formula is C12H13BrO3S. The lowest BCUT2D eigenvalue weighted by atomic mass is 9.78. The third kappa shape index (κ3) is 1.45. The standard InChI is InChI=1S/C12H13BrO3S/c13-8-2-3-11-9(6-8)10(14)7-12(4-1-5-12)17(11,15)16/h2-3,6,10,14H,1,4-5,7H2/t10-/m0/s1. The molecular weight excluding hydrogens is 304 g/mol. The number of hydrogen-bond donors (Lipinski definition) is 1. The van der Waals surface area contributed by atoms with Crippen LogP contribution in [0.25, 0.3) is 0 Å². The van der Waals surface area contributed by atoms with Gasteiger partial charge in [0.25, 0.3) is 0 Å². The van der Waals surface area contributed by atoms with Crippen LogP contribution >= 0.6 is 15.9 Å². The third-order valence-corrected chi connectivity index (χ3v) is 7.18. The quantitative estimate of drug-likeness (QED) is 0.800. The van der Waals surface area contributed by atoms with E-state index in [9.17, 15) is 13.5 Å². The Morgan fingerprint density at radius 3 is 2.65 bits per heavy atom. The fourth-order valence-electron chi connectivity index (χ4n) is 2.87. The van der Waals surface area contributed by atoms with Crippen molar-refractivity contribution in [3.63, 3.8) is 0 Å². The SMILES string of the molecule is O=S1(=O)c2ccc(Br)cc2[C@@H](O)CC12CCC2. The van der Waals surface area contributed by atoms with E-state index in [4.69, 9.17) is 0 Å². The van der Waals surface area contributed by atoms with E-state index < -0.39 is 20.7 Å². The first-order valence-electron chi connectivity index (χ1n) is 5.68. The minimum absolute atomic E-state index is 0.319. The highest BCUT2D eigenvalue weighted by Gasteiger charge is 2.54. The Balaban J connectivity index is 2.24. The van der Waals surface area contributed by atoms with E-state index >= 15 is 0 Å². The Bertz CT molecular complexity index is 575. The number of rotatable bonds is 0. The molecule has 1 fully saturated rings. The van der Waals surface area contributed by atoms with Crippen molar-refractivity contribution in [2.45, 2.75) is 41.4 Å². The van der Waals surface area contributed by atoms with Gasteiger partial charge in [0.15, 0.2) is 9.84 Å². The van der Waals surface area contributed by atoms with Crippen molar-refractivity contribution in [3.05, 3.63) is 28.2 Å². The summed E-state index contributed by atoms with van der Waals surface area (Å²) in [4.78, 5) is 0.319. The number of hydrogen-bond acceptors (Lipinski definition) is 3. The van der Waals surface area contributed by atoms with E-state index in [1.807, 2.05) is 0 Å². The largest absolute Gasteiger partial charge is 0.388 e. The van der Waals surface area contributed by atoms with Crippen LogP contribution in [0.4, 0.5) is 0 Å². The molecule has 2 aliphatic rings. The molecule has 3 nitrogen and oxygen atoms in total. The zero-order chi connectivity index (χ0) is 12.3. The first-order chi connectivity index (χ1) is 7.96. The normalized spacial score (nSPS) is 28.5. The summed E-state index contributed by atoms with van der Waals surface area (Å²) in [5, 5.41) is 10.1. The minimum Gasteiger partial charge on any atom is -0.388 e. The summed E-state index contributed by atoms with van der Waals surface area (Å²) in [5.41, 5.74) is 0.539. The minimum atomic E-state index is -3.28. The highest BCUT2D eigenvalue weighted by molar-refractivity contribution is 9.10. The number of benzene rings is 1. The molecule has 3 rings (SSSR count). The van der Waals surface area contributed by atoms with Gasteiger partial charge in [0, 0.05) is 10.0 Å². The van der Waals surface area contributed by atoms with Crippen LogP contribution in [-0.4, -0.2) is 18.3 Å². The van der Waals surface area contributed by atoms with Crippen molar-refractivity contribution in [3.8, 4) is 0 Å². The van der Waals surface area contributed by atoms with Crippen LogP contribution in [0.5, 0.6) is 0 Å². The topological polar surface area (TPSA) is 54.4 Å². The summed E-state index contributed by atoms with van der Waals surface area (Å²) in [5.74, 6) is 0. The number of sulfone groups is 1. The molecule has 0 bridgehead atoms. The van der Waals surface area contributed by atoms with Gasteiger partial charge in [-0.2, -0.15) is 0 Å². The summed E-state index contributed by atoms with van der Waals surface area (Å²) in [7, 11) is -3.28. The Hall–Kier alpha value is -0.390. The molecule has 1 saturated carbocycles. The fraction of sp³-hybridized carbons (Fsp3) is 0.500. The molecule has 5 heteroatoms. The summed E-state index contributed by atoms with van der Waals surface area (Å²) in [6, 6.07) is 5.04. The summed E-state index contributed by atoms with van der Waals surface area (Å²) in [6.45, 7) is 0. The molecule has 0 saturated heterocycles. The van der Waals surface area contributed by atoms with E-state index in [0.717, 1.165) is 10.9 Å². The molecule has 1 N–H and O–H groups in total. The number of fused-ring (bicyclic) bond motifs is 1. The third-order valence-electron chi connectivity index (χ3n) is 4.02. The van der Waals surface area contributed by atoms with Gasteiger partial charge in [0.1, 0.15) is 0 Å². The highest BCUT2D eigenvalue weighted by Crippen LogP contribution is 2.53. The maximum absolute atomic E-state index is 12.5. The van der Waals surface area contributed by atoms with Gasteiger partial charge in [-0.25, -0.2) is 8.42 Å². The highest BCUT2D eigenvalue weighted by atomic mass is 79.9. The summed E-state index contributed by atoms with van der Waals surface area (Å²) in [6.07, 6.45) is 1.99.